The predicted molar refractivity (Wildman–Crippen MR) is 82.9 cm³/mol. The van der Waals surface area contributed by atoms with Gasteiger partial charge in [-0.1, -0.05) is 0 Å². The van der Waals surface area contributed by atoms with E-state index in [2.05, 4.69) is 34.0 Å². The minimum absolute atomic E-state index is 0.217. The first-order chi connectivity index (χ1) is 10.0. The summed E-state index contributed by atoms with van der Waals surface area (Å²) in [6.07, 6.45) is 0. The zero-order chi connectivity index (χ0) is 15.4. The molecule has 1 N–H and O–H groups in total. The van der Waals surface area contributed by atoms with E-state index < -0.39 is 5.97 Å². The number of ether oxygens (including phenoxy) is 1. The van der Waals surface area contributed by atoms with Crippen LogP contribution in [0.1, 0.15) is 21.9 Å². The smallest absolute Gasteiger partial charge is 0.373 e. The highest BCUT2D eigenvalue weighted by molar-refractivity contribution is 5.86. The fourth-order valence-electron chi connectivity index (χ4n) is 1.99. The molecule has 1 aromatic carbocycles. The number of hydrogen-bond acceptors (Lipinski definition) is 5. The van der Waals surface area contributed by atoms with E-state index in [0.717, 1.165) is 16.9 Å². The SMILES string of the molecule is COC(=O)c1ccc(CNc2ccc(N(C)C)cc2C)o1. The van der Waals surface area contributed by atoms with Crippen molar-refractivity contribution in [3.05, 3.63) is 47.4 Å². The first kappa shape index (κ1) is 15.0. The van der Waals surface area contributed by atoms with Gasteiger partial charge in [0, 0.05) is 25.5 Å². The summed E-state index contributed by atoms with van der Waals surface area (Å²) in [5.41, 5.74) is 3.35. The Bertz CT molecular complexity index is 632. The molecule has 0 saturated carbocycles. The van der Waals surface area contributed by atoms with Crippen LogP contribution >= 0.6 is 0 Å². The Morgan fingerprint density at radius 2 is 2.05 bits per heavy atom. The van der Waals surface area contributed by atoms with Crippen molar-refractivity contribution in [1.82, 2.24) is 0 Å². The molecule has 0 unspecified atom stereocenters. The van der Waals surface area contributed by atoms with Gasteiger partial charge >= 0.3 is 5.97 Å². The van der Waals surface area contributed by atoms with E-state index in [4.69, 9.17) is 4.42 Å². The molecule has 0 radical (unpaired) electrons. The summed E-state index contributed by atoms with van der Waals surface area (Å²) in [5, 5.41) is 3.30. The molecule has 0 saturated heterocycles. The van der Waals surface area contributed by atoms with Gasteiger partial charge in [0.15, 0.2) is 0 Å². The molecule has 21 heavy (non-hydrogen) atoms. The van der Waals surface area contributed by atoms with Crippen molar-refractivity contribution in [3.8, 4) is 0 Å². The van der Waals surface area contributed by atoms with E-state index in [1.165, 1.54) is 7.11 Å². The second-order valence-electron chi connectivity index (χ2n) is 5.00. The number of carbonyl (C=O) groups is 1. The lowest BCUT2D eigenvalue weighted by atomic mass is 10.1. The predicted octanol–water partition coefficient (Wildman–Crippen LogP) is 3.05. The number of anilines is 2. The minimum Gasteiger partial charge on any atom is -0.463 e. The molecule has 1 aromatic heterocycles. The summed E-state index contributed by atoms with van der Waals surface area (Å²) in [5.74, 6) is 0.438. The molecule has 2 aromatic rings. The largest absolute Gasteiger partial charge is 0.463 e. The van der Waals surface area contributed by atoms with Crippen LogP contribution in [0, 0.1) is 6.92 Å². The molecule has 0 aliphatic heterocycles. The van der Waals surface area contributed by atoms with Gasteiger partial charge in [0.05, 0.1) is 13.7 Å². The van der Waals surface area contributed by atoms with Crippen LogP contribution < -0.4 is 10.2 Å². The monoisotopic (exact) mass is 288 g/mol. The van der Waals surface area contributed by atoms with Gasteiger partial charge in [-0.25, -0.2) is 4.79 Å². The summed E-state index contributed by atoms with van der Waals surface area (Å²) in [4.78, 5) is 13.4. The van der Waals surface area contributed by atoms with Crippen LogP contribution in [0.3, 0.4) is 0 Å². The normalized spacial score (nSPS) is 10.3. The van der Waals surface area contributed by atoms with Gasteiger partial charge in [0.1, 0.15) is 5.76 Å². The molecule has 0 aliphatic carbocycles. The molecule has 1 heterocycles. The highest BCUT2D eigenvalue weighted by atomic mass is 16.5. The number of benzene rings is 1. The molecule has 0 spiro atoms. The Hall–Kier alpha value is -2.43. The molecule has 5 nitrogen and oxygen atoms in total. The number of carbonyl (C=O) groups excluding carboxylic acids is 1. The second-order valence-corrected chi connectivity index (χ2v) is 5.00. The average Bonchev–Trinajstić information content (AvgIpc) is 2.93. The number of nitrogens with one attached hydrogen (secondary N) is 1. The highest BCUT2D eigenvalue weighted by Crippen LogP contribution is 2.22. The molecule has 5 heteroatoms. The van der Waals surface area contributed by atoms with Crippen LogP contribution in [0.25, 0.3) is 0 Å². The third-order valence-electron chi connectivity index (χ3n) is 3.23. The first-order valence-electron chi connectivity index (χ1n) is 6.70. The number of aryl methyl sites for hydroxylation is 1. The third-order valence-corrected chi connectivity index (χ3v) is 3.23. The maximum atomic E-state index is 11.3. The standard InChI is InChI=1S/C16H20N2O3/c1-11-9-12(18(2)3)5-7-14(11)17-10-13-6-8-15(21-13)16(19)20-4/h5-9,17H,10H2,1-4H3. The number of methoxy groups -OCH3 is 1. The maximum absolute atomic E-state index is 11.3. The third kappa shape index (κ3) is 3.56. The molecule has 0 bridgehead atoms. The van der Waals surface area contributed by atoms with Crippen molar-refractivity contribution in [2.75, 3.05) is 31.4 Å². The van der Waals surface area contributed by atoms with Gasteiger partial charge in [-0.15, -0.1) is 0 Å². The Labute approximate surface area is 124 Å². The second kappa shape index (κ2) is 6.35. The van der Waals surface area contributed by atoms with Crippen molar-refractivity contribution in [3.63, 3.8) is 0 Å². The number of nitrogens with zero attached hydrogens (tertiary/aromatic N) is 1. The van der Waals surface area contributed by atoms with Crippen LogP contribution in [0.2, 0.25) is 0 Å². The quantitative estimate of drug-likeness (QED) is 0.857. The molecule has 2 rings (SSSR count). The van der Waals surface area contributed by atoms with E-state index in [9.17, 15) is 4.79 Å². The van der Waals surface area contributed by atoms with E-state index >= 15 is 0 Å². The summed E-state index contributed by atoms with van der Waals surface area (Å²) >= 11 is 0. The lowest BCUT2D eigenvalue weighted by Crippen LogP contribution is -2.09. The Morgan fingerprint density at radius 1 is 1.29 bits per heavy atom. The number of esters is 1. The van der Waals surface area contributed by atoms with Crippen molar-refractivity contribution in [2.45, 2.75) is 13.5 Å². The number of rotatable bonds is 5. The van der Waals surface area contributed by atoms with Gasteiger partial charge in [0.2, 0.25) is 5.76 Å². The van der Waals surface area contributed by atoms with Crippen LogP contribution in [-0.2, 0) is 11.3 Å². The number of furan rings is 1. The van der Waals surface area contributed by atoms with Gasteiger partial charge in [-0.3, -0.25) is 0 Å². The lowest BCUT2D eigenvalue weighted by molar-refractivity contribution is 0.0563. The van der Waals surface area contributed by atoms with Crippen molar-refractivity contribution >= 4 is 17.3 Å². The molecule has 0 atom stereocenters. The summed E-state index contributed by atoms with van der Waals surface area (Å²) in [6.45, 7) is 2.57. The van der Waals surface area contributed by atoms with Gasteiger partial charge in [-0.2, -0.15) is 0 Å². The maximum Gasteiger partial charge on any atom is 0.373 e. The highest BCUT2D eigenvalue weighted by Gasteiger charge is 2.11. The molecule has 0 aliphatic rings. The Balaban J connectivity index is 2.03. The topological polar surface area (TPSA) is 54.7 Å². The molecule has 112 valence electrons. The molecular formula is C16H20N2O3. The summed E-state index contributed by atoms with van der Waals surface area (Å²) in [7, 11) is 5.36. The van der Waals surface area contributed by atoms with Gasteiger partial charge in [-0.05, 0) is 42.8 Å². The van der Waals surface area contributed by atoms with E-state index in [0.29, 0.717) is 12.3 Å². The van der Waals surface area contributed by atoms with E-state index in [1.807, 2.05) is 20.2 Å². The van der Waals surface area contributed by atoms with E-state index in [-0.39, 0.29) is 5.76 Å². The van der Waals surface area contributed by atoms with Crippen molar-refractivity contribution in [1.29, 1.82) is 0 Å². The van der Waals surface area contributed by atoms with Gasteiger partial charge < -0.3 is 19.4 Å². The fraction of sp³-hybridized carbons (Fsp3) is 0.312. The van der Waals surface area contributed by atoms with E-state index in [1.54, 1.807) is 12.1 Å². The van der Waals surface area contributed by atoms with Crippen molar-refractivity contribution < 1.29 is 13.9 Å². The lowest BCUT2D eigenvalue weighted by Gasteiger charge is -2.15. The van der Waals surface area contributed by atoms with Gasteiger partial charge in [0.25, 0.3) is 0 Å². The van der Waals surface area contributed by atoms with Crippen LogP contribution in [0.5, 0.6) is 0 Å². The zero-order valence-corrected chi connectivity index (χ0v) is 12.8. The Kier molecular flexibility index (Phi) is 4.52. The zero-order valence-electron chi connectivity index (χ0n) is 12.8. The summed E-state index contributed by atoms with van der Waals surface area (Å²) < 4.78 is 10.0. The molecular weight excluding hydrogens is 268 g/mol. The first-order valence-corrected chi connectivity index (χ1v) is 6.70. The minimum atomic E-state index is -0.465. The number of hydrogen-bond donors (Lipinski definition) is 1. The fourth-order valence-corrected chi connectivity index (χ4v) is 1.99. The van der Waals surface area contributed by atoms with Crippen LogP contribution in [0.15, 0.2) is 34.7 Å². The Morgan fingerprint density at radius 3 is 2.67 bits per heavy atom. The van der Waals surface area contributed by atoms with Crippen LogP contribution in [-0.4, -0.2) is 27.2 Å². The average molecular weight is 288 g/mol. The van der Waals surface area contributed by atoms with Crippen molar-refractivity contribution in [2.24, 2.45) is 0 Å². The van der Waals surface area contributed by atoms with Crippen LogP contribution in [0.4, 0.5) is 11.4 Å². The molecule has 0 fully saturated rings. The summed E-state index contributed by atoms with van der Waals surface area (Å²) in [6, 6.07) is 9.59. The molecule has 0 amide bonds.